The zero-order valence-corrected chi connectivity index (χ0v) is 16.4. The highest BCUT2D eigenvalue weighted by Crippen LogP contribution is 2.24. The molecule has 2 aromatic carbocycles. The van der Waals surface area contributed by atoms with Crippen molar-refractivity contribution in [3.8, 4) is 5.75 Å². The van der Waals surface area contributed by atoms with Crippen molar-refractivity contribution in [2.24, 2.45) is 0 Å². The van der Waals surface area contributed by atoms with Gasteiger partial charge in [0.1, 0.15) is 12.4 Å². The van der Waals surface area contributed by atoms with E-state index in [1.807, 2.05) is 12.1 Å². The number of rotatable bonds is 5. The highest BCUT2D eigenvalue weighted by molar-refractivity contribution is 9.10. The van der Waals surface area contributed by atoms with Crippen LogP contribution in [0.3, 0.4) is 0 Å². The molecule has 2 aromatic rings. The lowest BCUT2D eigenvalue weighted by molar-refractivity contribution is 0.0947. The Balaban J connectivity index is 1.82. The van der Waals surface area contributed by atoms with Crippen molar-refractivity contribution >= 4 is 33.4 Å². The molecule has 0 saturated carbocycles. The van der Waals surface area contributed by atoms with Gasteiger partial charge in [0.05, 0.1) is 17.1 Å². The normalized spacial score (nSPS) is 11.2. The van der Waals surface area contributed by atoms with E-state index in [4.69, 9.17) is 16.3 Å². The van der Waals surface area contributed by atoms with E-state index in [2.05, 4.69) is 54.2 Å². The summed E-state index contributed by atoms with van der Waals surface area (Å²) in [5.41, 5.74) is 1.82. The first-order valence-corrected chi connectivity index (χ1v) is 8.91. The third-order valence-electron chi connectivity index (χ3n) is 3.55. The van der Waals surface area contributed by atoms with Gasteiger partial charge in [-0.05, 0) is 41.3 Å². The molecule has 0 unspecified atom stereocenters. The molecule has 2 rings (SSSR count). The molecule has 0 aliphatic rings. The van der Waals surface area contributed by atoms with E-state index >= 15 is 0 Å². The standard InChI is InChI=1S/C19H21BrClNO2/c1-19(2,3)13-4-7-15(8-5-13)24-11-10-22-18(23)16-12-14(20)6-9-17(16)21/h4-9,12H,10-11H2,1-3H3,(H,22,23). The first kappa shape index (κ1) is 18.8. The molecule has 1 amide bonds. The van der Waals surface area contributed by atoms with Gasteiger partial charge in [-0.1, -0.05) is 60.4 Å². The predicted molar refractivity (Wildman–Crippen MR) is 102 cm³/mol. The van der Waals surface area contributed by atoms with Crippen LogP contribution in [-0.4, -0.2) is 19.1 Å². The fourth-order valence-corrected chi connectivity index (χ4v) is 2.72. The summed E-state index contributed by atoms with van der Waals surface area (Å²) < 4.78 is 6.47. The number of benzene rings is 2. The van der Waals surface area contributed by atoms with Crippen LogP contribution >= 0.6 is 27.5 Å². The van der Waals surface area contributed by atoms with Crippen molar-refractivity contribution in [2.45, 2.75) is 26.2 Å². The maximum atomic E-state index is 12.1. The van der Waals surface area contributed by atoms with Gasteiger partial charge in [-0.25, -0.2) is 0 Å². The van der Waals surface area contributed by atoms with E-state index in [1.165, 1.54) is 5.56 Å². The summed E-state index contributed by atoms with van der Waals surface area (Å²) in [5, 5.41) is 3.23. The Morgan fingerprint density at radius 1 is 1.17 bits per heavy atom. The lowest BCUT2D eigenvalue weighted by atomic mass is 9.87. The van der Waals surface area contributed by atoms with Gasteiger partial charge in [0.2, 0.25) is 0 Å². The van der Waals surface area contributed by atoms with Crippen molar-refractivity contribution < 1.29 is 9.53 Å². The molecular weight excluding hydrogens is 390 g/mol. The summed E-state index contributed by atoms with van der Waals surface area (Å²) in [6.07, 6.45) is 0. The zero-order valence-electron chi connectivity index (χ0n) is 14.0. The van der Waals surface area contributed by atoms with E-state index in [1.54, 1.807) is 18.2 Å². The highest BCUT2D eigenvalue weighted by atomic mass is 79.9. The first-order chi connectivity index (χ1) is 11.3. The van der Waals surface area contributed by atoms with Crippen LogP contribution in [0.25, 0.3) is 0 Å². The molecule has 0 aromatic heterocycles. The molecule has 0 fully saturated rings. The van der Waals surface area contributed by atoms with Crippen molar-refractivity contribution in [1.82, 2.24) is 5.32 Å². The average Bonchev–Trinajstić information content (AvgIpc) is 2.53. The molecule has 0 radical (unpaired) electrons. The van der Waals surface area contributed by atoms with Crippen molar-refractivity contribution in [2.75, 3.05) is 13.2 Å². The van der Waals surface area contributed by atoms with Crippen LogP contribution in [0.4, 0.5) is 0 Å². The minimum atomic E-state index is -0.215. The third-order valence-corrected chi connectivity index (χ3v) is 4.37. The second-order valence-corrected chi connectivity index (χ2v) is 7.83. The van der Waals surface area contributed by atoms with Gasteiger partial charge in [-0.2, -0.15) is 0 Å². The van der Waals surface area contributed by atoms with E-state index in [0.29, 0.717) is 23.7 Å². The Morgan fingerprint density at radius 2 is 1.83 bits per heavy atom. The van der Waals surface area contributed by atoms with Gasteiger partial charge in [0.25, 0.3) is 5.91 Å². The maximum absolute atomic E-state index is 12.1. The smallest absolute Gasteiger partial charge is 0.252 e. The van der Waals surface area contributed by atoms with Crippen LogP contribution in [0.2, 0.25) is 5.02 Å². The van der Waals surface area contributed by atoms with Crippen LogP contribution < -0.4 is 10.1 Å². The topological polar surface area (TPSA) is 38.3 Å². The Kier molecular flexibility index (Phi) is 6.30. The summed E-state index contributed by atoms with van der Waals surface area (Å²) in [6.45, 7) is 7.32. The molecule has 0 saturated heterocycles. The van der Waals surface area contributed by atoms with Gasteiger partial charge in [-0.3, -0.25) is 4.79 Å². The van der Waals surface area contributed by atoms with Crippen molar-refractivity contribution in [3.05, 3.63) is 63.1 Å². The fourth-order valence-electron chi connectivity index (χ4n) is 2.15. The molecule has 24 heavy (non-hydrogen) atoms. The molecule has 128 valence electrons. The Morgan fingerprint density at radius 3 is 2.46 bits per heavy atom. The van der Waals surface area contributed by atoms with E-state index in [-0.39, 0.29) is 11.3 Å². The van der Waals surface area contributed by atoms with Crippen LogP contribution in [-0.2, 0) is 5.41 Å². The SMILES string of the molecule is CC(C)(C)c1ccc(OCCNC(=O)c2cc(Br)ccc2Cl)cc1. The zero-order chi connectivity index (χ0) is 17.7. The van der Waals surface area contributed by atoms with E-state index in [9.17, 15) is 4.79 Å². The Labute approximate surface area is 156 Å². The molecule has 0 aliphatic heterocycles. The molecule has 0 atom stereocenters. The number of nitrogens with one attached hydrogen (secondary N) is 1. The van der Waals surface area contributed by atoms with E-state index < -0.39 is 0 Å². The largest absolute Gasteiger partial charge is 0.492 e. The molecule has 0 bridgehead atoms. The van der Waals surface area contributed by atoms with Crippen LogP contribution in [0, 0.1) is 0 Å². The summed E-state index contributed by atoms with van der Waals surface area (Å²) in [6, 6.07) is 13.2. The van der Waals surface area contributed by atoms with Gasteiger partial charge in [0.15, 0.2) is 0 Å². The number of ether oxygens (including phenoxy) is 1. The summed E-state index contributed by atoms with van der Waals surface area (Å²) in [7, 11) is 0. The minimum Gasteiger partial charge on any atom is -0.492 e. The quantitative estimate of drug-likeness (QED) is 0.687. The first-order valence-electron chi connectivity index (χ1n) is 7.74. The average molecular weight is 411 g/mol. The minimum absolute atomic E-state index is 0.121. The number of hydrogen-bond acceptors (Lipinski definition) is 2. The number of carbonyl (C=O) groups is 1. The molecule has 0 heterocycles. The monoisotopic (exact) mass is 409 g/mol. The van der Waals surface area contributed by atoms with Gasteiger partial charge in [0, 0.05) is 4.47 Å². The second kappa shape index (κ2) is 8.04. The molecule has 0 aliphatic carbocycles. The maximum Gasteiger partial charge on any atom is 0.252 e. The van der Waals surface area contributed by atoms with Crippen LogP contribution in [0.1, 0.15) is 36.7 Å². The van der Waals surface area contributed by atoms with Crippen molar-refractivity contribution in [3.63, 3.8) is 0 Å². The molecular formula is C19H21BrClNO2. The molecule has 0 spiro atoms. The lowest BCUT2D eigenvalue weighted by Gasteiger charge is -2.19. The summed E-state index contributed by atoms with van der Waals surface area (Å²) in [5.74, 6) is 0.575. The number of hydrogen-bond donors (Lipinski definition) is 1. The second-order valence-electron chi connectivity index (χ2n) is 6.50. The predicted octanol–water partition coefficient (Wildman–Crippen LogP) is 5.21. The third kappa shape index (κ3) is 5.25. The Bertz CT molecular complexity index is 708. The summed E-state index contributed by atoms with van der Waals surface area (Å²) in [4.78, 5) is 12.1. The van der Waals surface area contributed by atoms with Gasteiger partial charge in [-0.15, -0.1) is 0 Å². The summed E-state index contributed by atoms with van der Waals surface area (Å²) >= 11 is 9.37. The highest BCUT2D eigenvalue weighted by Gasteiger charge is 2.13. The van der Waals surface area contributed by atoms with Gasteiger partial charge >= 0.3 is 0 Å². The van der Waals surface area contributed by atoms with Crippen molar-refractivity contribution in [1.29, 1.82) is 0 Å². The molecule has 1 N–H and O–H groups in total. The van der Waals surface area contributed by atoms with E-state index in [0.717, 1.165) is 10.2 Å². The molecule has 3 nitrogen and oxygen atoms in total. The number of halogens is 2. The lowest BCUT2D eigenvalue weighted by Crippen LogP contribution is -2.28. The number of amides is 1. The van der Waals surface area contributed by atoms with Gasteiger partial charge < -0.3 is 10.1 Å². The van der Waals surface area contributed by atoms with Crippen LogP contribution in [0.15, 0.2) is 46.9 Å². The molecule has 5 heteroatoms. The van der Waals surface area contributed by atoms with Crippen LogP contribution in [0.5, 0.6) is 5.75 Å². The Hall–Kier alpha value is -1.52. The fraction of sp³-hybridized carbons (Fsp3) is 0.316. The number of carbonyl (C=O) groups excluding carboxylic acids is 1.